The number of nitrogens with two attached hydrogens (primary N) is 2. The van der Waals surface area contributed by atoms with Crippen LogP contribution in [0.3, 0.4) is 0 Å². The molecule has 3 aliphatic rings. The molecule has 35 heteroatoms. The molecule has 0 radical (unpaired) electrons. The summed E-state index contributed by atoms with van der Waals surface area (Å²) in [7, 11) is -16.5. The van der Waals surface area contributed by atoms with E-state index >= 15 is 0 Å². The summed E-state index contributed by atoms with van der Waals surface area (Å²) in [6, 6.07) is 9.61. The molecule has 5 atom stereocenters. The number of phosphoric acid groups is 3. The number of carbonyl (C=O) groups excluding carboxylic acids is 1. The molecule has 1 saturated heterocycles. The molecule has 1 aliphatic carbocycles. The second-order valence-corrected chi connectivity index (χ2v) is 30.3. The van der Waals surface area contributed by atoms with E-state index in [4.69, 9.17) is 49.8 Å². The number of carbonyl (C=O) groups is 2. The Morgan fingerprint density at radius 2 is 1.66 bits per heavy atom. The SMILES string of the molecule is Cc1c(N)ccc2c(-c3ccc(C(=O)NCC(C)(C)SSCOCC#Cc4cn([C@H]5C[C@@H](OCSSC(C)(C)C)[C@@H](COP(=O)(O)OP(=O)(O)OP(=O)(O)O)O5)c(=O)nc4N)cc3C(=O)O)c3ccc(=N)c(S(=O)(=O)O)c-3oc12. The Morgan fingerprint density at radius 1 is 0.975 bits per heavy atom. The molecule has 12 N–H and O–H groups in total. The van der Waals surface area contributed by atoms with Crippen LogP contribution in [0.1, 0.15) is 79.1 Å². The van der Waals surface area contributed by atoms with Crippen molar-refractivity contribution in [1.82, 2.24) is 14.9 Å². The number of hydrogen-bond acceptors (Lipinski definition) is 23. The van der Waals surface area contributed by atoms with Gasteiger partial charge in [-0.1, -0.05) is 81.9 Å². The lowest BCUT2D eigenvalue weighted by Crippen LogP contribution is -2.36. The van der Waals surface area contributed by atoms with E-state index in [0.29, 0.717) is 10.9 Å². The van der Waals surface area contributed by atoms with Gasteiger partial charge in [0.2, 0.25) is 0 Å². The van der Waals surface area contributed by atoms with E-state index in [1.165, 1.54) is 73.6 Å². The first kappa shape index (κ1) is 63.9. The highest BCUT2D eigenvalue weighted by molar-refractivity contribution is 8.77. The molecule has 1 amide bonds. The Bertz CT molecular complexity index is 3580. The van der Waals surface area contributed by atoms with Crippen LogP contribution in [0, 0.1) is 24.2 Å². The third-order valence-electron chi connectivity index (χ3n) is 10.8. The minimum Gasteiger partial charge on any atom is -0.478 e. The second kappa shape index (κ2) is 25.5. The number of carboxylic acids is 1. The van der Waals surface area contributed by atoms with Gasteiger partial charge in [0.1, 0.15) is 42.2 Å². The maximum absolute atomic E-state index is 13.5. The lowest BCUT2D eigenvalue weighted by molar-refractivity contribution is -0.0543. The second-order valence-electron chi connectivity index (χ2n) is 18.5. The molecular formula is C44H53N6O21P3S5. The molecule has 430 valence electrons. The number of amides is 1. The largest absolute Gasteiger partial charge is 0.490 e. The van der Waals surface area contributed by atoms with Gasteiger partial charge in [0.25, 0.3) is 16.0 Å². The van der Waals surface area contributed by atoms with Crippen molar-refractivity contribution < 1.29 is 92.7 Å². The van der Waals surface area contributed by atoms with Gasteiger partial charge in [0.15, 0.2) is 10.7 Å². The first-order valence-corrected chi connectivity index (χ1v) is 33.2. The topological polar surface area (TPSA) is 432 Å². The number of rotatable bonds is 23. The zero-order valence-electron chi connectivity index (χ0n) is 42.3. The molecule has 0 saturated carbocycles. The van der Waals surface area contributed by atoms with E-state index in [9.17, 15) is 55.9 Å². The number of ether oxygens (including phenoxy) is 3. The third-order valence-corrected chi connectivity index (χ3v) is 21.4. The number of nitrogen functional groups attached to an aromatic ring is 2. The van der Waals surface area contributed by atoms with Gasteiger partial charge in [-0.2, -0.15) is 22.0 Å². The number of nitrogens with one attached hydrogen (secondary N) is 2. The van der Waals surface area contributed by atoms with Gasteiger partial charge in [-0.05, 0) is 62.7 Å². The summed E-state index contributed by atoms with van der Waals surface area (Å²) < 4.78 is 107. The number of nitrogens with zero attached hydrogens (tertiary/aromatic N) is 2. The highest BCUT2D eigenvalue weighted by Crippen LogP contribution is 2.66. The molecule has 6 rings (SSSR count). The molecule has 3 aromatic rings. The van der Waals surface area contributed by atoms with Crippen molar-refractivity contribution in [3.8, 4) is 34.3 Å². The summed E-state index contributed by atoms with van der Waals surface area (Å²) in [5.74, 6) is 3.13. The van der Waals surface area contributed by atoms with E-state index in [1.807, 2.05) is 34.6 Å². The number of fused-ring (bicyclic) bond motifs is 2. The van der Waals surface area contributed by atoms with Crippen LogP contribution in [0.15, 0.2) is 62.8 Å². The van der Waals surface area contributed by atoms with Crippen molar-refractivity contribution in [2.45, 2.75) is 80.8 Å². The Kier molecular flexibility index (Phi) is 20.6. The predicted octanol–water partition coefficient (Wildman–Crippen LogP) is 6.73. The van der Waals surface area contributed by atoms with Crippen molar-refractivity contribution in [2.24, 2.45) is 0 Å². The number of aromatic nitrogens is 2. The summed E-state index contributed by atoms with van der Waals surface area (Å²) in [5.41, 5.74) is 12.2. The van der Waals surface area contributed by atoms with Crippen LogP contribution < -0.4 is 27.8 Å². The lowest BCUT2D eigenvalue weighted by atomic mass is 9.89. The Labute approximate surface area is 466 Å². The zero-order valence-corrected chi connectivity index (χ0v) is 49.1. The number of benzene rings is 3. The zero-order chi connectivity index (χ0) is 58.6. The van der Waals surface area contributed by atoms with Crippen LogP contribution in [0.25, 0.3) is 33.4 Å². The van der Waals surface area contributed by atoms with Gasteiger partial charge >= 0.3 is 35.1 Å². The van der Waals surface area contributed by atoms with Gasteiger partial charge in [-0.25, -0.2) is 23.3 Å². The van der Waals surface area contributed by atoms with E-state index < -0.39 is 97.0 Å². The highest BCUT2D eigenvalue weighted by Gasteiger charge is 2.44. The van der Waals surface area contributed by atoms with Gasteiger partial charge in [-0.15, -0.1) is 0 Å². The average Bonchev–Trinajstić information content (AvgIpc) is 3.81. The summed E-state index contributed by atoms with van der Waals surface area (Å²) >= 11 is 0. The standard InChI is InChI=1S/C44H53N6O21P3S5/c1-23-30(45)13-11-27-35(28-12-14-31(46)38(79(62,63)64)37(28)69-36(23)27)26-10-9-24(16-29(26)41(52)53)40(51)48-20-44(5,6)78-75-21-65-15-7-8-25-18-50(42(54)49-39(25)47)34-17-32(66-22-76-77-43(2,3)4)33(68-34)19-67-73(58,59)71-74(60,61)70-72(55,56)57/h9-14,16,18,32-34,46H,15,17,19-22,45H2,1-6H3,(H,48,51)(H,52,53)(H,58,59)(H,60,61)(H2,47,49,54)(H2,55,56,57)(H,62,63,64)/t32-,33-,34-/m1/s1. The van der Waals surface area contributed by atoms with E-state index in [1.54, 1.807) is 19.1 Å². The van der Waals surface area contributed by atoms with Crippen molar-refractivity contribution in [3.05, 3.63) is 86.8 Å². The maximum atomic E-state index is 13.5. The van der Waals surface area contributed by atoms with Crippen LogP contribution in [0.5, 0.6) is 0 Å². The average molecular weight is 1260 g/mol. The van der Waals surface area contributed by atoms with Crippen molar-refractivity contribution in [3.63, 3.8) is 0 Å². The number of aryl methyl sites for hydroxylation is 1. The fourth-order valence-electron chi connectivity index (χ4n) is 7.40. The van der Waals surface area contributed by atoms with Crippen LogP contribution in [0.4, 0.5) is 11.5 Å². The number of aromatic carboxylic acids is 1. The molecular weight excluding hydrogens is 1200 g/mol. The Balaban J connectivity index is 1.06. The number of anilines is 2. The molecule has 0 bridgehead atoms. The monoisotopic (exact) mass is 1250 g/mol. The quantitative estimate of drug-likeness (QED) is 0.00473. The summed E-state index contributed by atoms with van der Waals surface area (Å²) in [5, 5.41) is 21.3. The van der Waals surface area contributed by atoms with E-state index in [0.717, 1.165) is 10.6 Å². The molecule has 2 aliphatic heterocycles. The van der Waals surface area contributed by atoms with E-state index in [2.05, 4.69) is 30.8 Å². The van der Waals surface area contributed by atoms with Crippen molar-refractivity contribution >= 4 is 111 Å². The Hall–Kier alpha value is -4.29. The van der Waals surface area contributed by atoms with Gasteiger partial charge in [0.05, 0.1) is 29.2 Å². The fourth-order valence-corrected chi connectivity index (χ4v) is 15.3. The number of carboxylic acid groups (broad SMARTS) is 1. The Morgan fingerprint density at radius 3 is 2.32 bits per heavy atom. The molecule has 2 unspecified atom stereocenters. The van der Waals surface area contributed by atoms with E-state index in [-0.39, 0.29) is 86.7 Å². The van der Waals surface area contributed by atoms with Gasteiger partial charge < -0.3 is 60.1 Å². The predicted molar refractivity (Wildman–Crippen MR) is 295 cm³/mol. The van der Waals surface area contributed by atoms with Gasteiger partial charge in [-0.3, -0.25) is 23.8 Å². The summed E-state index contributed by atoms with van der Waals surface area (Å²) in [4.78, 5) is 79.8. The number of phosphoric ester groups is 1. The van der Waals surface area contributed by atoms with Crippen LogP contribution in [-0.4, -0.2) is 112 Å². The van der Waals surface area contributed by atoms with Crippen LogP contribution in [0.2, 0.25) is 0 Å². The number of hydrogen-bond donors (Lipinski definition) is 10. The first-order chi connectivity index (χ1) is 36.6. The first-order valence-electron chi connectivity index (χ1n) is 22.6. The maximum Gasteiger partial charge on any atom is 0.490 e. The molecule has 2 aromatic carbocycles. The van der Waals surface area contributed by atoms with Crippen molar-refractivity contribution in [1.29, 1.82) is 5.41 Å². The summed E-state index contributed by atoms with van der Waals surface area (Å²) in [6.07, 6.45) is -2.08. The minimum absolute atomic E-state index is 0.00385. The fraction of sp³-hybridized carbons (Fsp3) is 0.386. The molecule has 0 spiro atoms. The van der Waals surface area contributed by atoms with Crippen molar-refractivity contribution in [2.75, 3.05) is 43.1 Å². The molecule has 1 aromatic heterocycles. The summed E-state index contributed by atoms with van der Waals surface area (Å²) in [6.45, 7) is 10.4. The van der Waals surface area contributed by atoms with Gasteiger partial charge in [0, 0.05) is 62.0 Å². The highest BCUT2D eigenvalue weighted by atomic mass is 33.1. The smallest absolute Gasteiger partial charge is 0.478 e. The molecule has 79 heavy (non-hydrogen) atoms. The van der Waals surface area contributed by atoms with Crippen LogP contribution in [-0.2, 0) is 51.2 Å². The third kappa shape index (κ3) is 17.4. The lowest BCUT2D eigenvalue weighted by Gasteiger charge is -2.23. The van der Waals surface area contributed by atoms with Crippen LogP contribution >= 0.6 is 66.6 Å². The molecule has 1 fully saturated rings. The molecule has 27 nitrogen and oxygen atoms in total. The minimum atomic E-state index is -5.81. The normalized spacial score (nSPS) is 17.7. The molecule has 3 heterocycles.